The van der Waals surface area contributed by atoms with Crippen molar-refractivity contribution in [3.63, 3.8) is 0 Å². The van der Waals surface area contributed by atoms with Crippen molar-refractivity contribution in [1.82, 2.24) is 24.6 Å². The highest BCUT2D eigenvalue weighted by molar-refractivity contribution is 5.90. The molecule has 1 aliphatic rings. The third kappa shape index (κ3) is 2.72. The fourth-order valence-corrected chi connectivity index (χ4v) is 3.94. The average Bonchev–Trinajstić information content (AvgIpc) is 3.17. The van der Waals surface area contributed by atoms with Crippen LogP contribution in [0, 0.1) is 5.82 Å². The third-order valence-corrected chi connectivity index (χ3v) is 5.39. The van der Waals surface area contributed by atoms with Gasteiger partial charge in [0.2, 0.25) is 0 Å². The summed E-state index contributed by atoms with van der Waals surface area (Å²) < 4.78 is 21.2. The van der Waals surface area contributed by atoms with Crippen LogP contribution in [-0.2, 0) is 0 Å². The summed E-state index contributed by atoms with van der Waals surface area (Å²) in [6.45, 7) is 1.66. The molecule has 0 atom stereocenters. The number of aromatic nitrogens is 5. The first-order valence-corrected chi connectivity index (χ1v) is 9.27. The number of methoxy groups -OCH3 is 1. The third-order valence-electron chi connectivity index (χ3n) is 5.39. The lowest BCUT2D eigenvalue weighted by atomic mass is 9.95. The Labute approximate surface area is 160 Å². The molecule has 0 saturated carbocycles. The van der Waals surface area contributed by atoms with Gasteiger partial charge in [0.05, 0.1) is 12.6 Å². The van der Waals surface area contributed by atoms with Crippen LogP contribution in [0.2, 0.25) is 0 Å². The average molecular weight is 378 g/mol. The van der Waals surface area contributed by atoms with Crippen LogP contribution in [0.4, 0.5) is 10.2 Å². The van der Waals surface area contributed by atoms with Gasteiger partial charge in [0, 0.05) is 36.7 Å². The summed E-state index contributed by atoms with van der Waals surface area (Å²) in [4.78, 5) is 10.9. The normalized spacial score (nSPS) is 15.4. The van der Waals surface area contributed by atoms with E-state index in [1.165, 1.54) is 19.5 Å². The Kier molecular flexibility index (Phi) is 4.03. The van der Waals surface area contributed by atoms with Gasteiger partial charge in [-0.1, -0.05) is 6.07 Å². The molecule has 4 heterocycles. The van der Waals surface area contributed by atoms with Gasteiger partial charge in [-0.3, -0.25) is 4.40 Å². The molecule has 5 rings (SSSR count). The molecule has 3 aromatic heterocycles. The van der Waals surface area contributed by atoms with Crippen LogP contribution < -0.4 is 9.64 Å². The second-order valence-electron chi connectivity index (χ2n) is 6.95. The molecule has 1 saturated heterocycles. The maximum absolute atomic E-state index is 14.0. The summed E-state index contributed by atoms with van der Waals surface area (Å²) in [7, 11) is 1.46. The number of pyridine rings is 1. The molecule has 1 fully saturated rings. The highest BCUT2D eigenvalue weighted by Gasteiger charge is 2.26. The molecule has 7 nitrogen and oxygen atoms in total. The lowest BCUT2D eigenvalue weighted by Gasteiger charge is -2.32. The van der Waals surface area contributed by atoms with Gasteiger partial charge in [-0.2, -0.15) is 0 Å². The number of rotatable bonds is 3. The summed E-state index contributed by atoms with van der Waals surface area (Å²) in [5.41, 5.74) is 1.45. The van der Waals surface area contributed by atoms with Crippen LogP contribution in [0.25, 0.3) is 16.6 Å². The molecule has 142 valence electrons. The number of fused-ring (bicyclic) bond motifs is 2. The monoisotopic (exact) mass is 378 g/mol. The van der Waals surface area contributed by atoms with Gasteiger partial charge in [0.15, 0.2) is 17.2 Å². The van der Waals surface area contributed by atoms with E-state index in [1.54, 1.807) is 6.07 Å². The van der Waals surface area contributed by atoms with Gasteiger partial charge in [0.1, 0.15) is 18.0 Å². The van der Waals surface area contributed by atoms with Crippen molar-refractivity contribution in [3.05, 3.63) is 54.5 Å². The lowest BCUT2D eigenvalue weighted by molar-refractivity contribution is 0.387. The highest BCUT2D eigenvalue weighted by atomic mass is 19.1. The Balaban J connectivity index is 1.42. The molecule has 1 aliphatic heterocycles. The second kappa shape index (κ2) is 6.70. The quantitative estimate of drug-likeness (QED) is 0.545. The van der Waals surface area contributed by atoms with E-state index in [0.29, 0.717) is 11.4 Å². The van der Waals surface area contributed by atoms with E-state index in [4.69, 9.17) is 4.74 Å². The van der Waals surface area contributed by atoms with Gasteiger partial charge in [-0.25, -0.2) is 14.4 Å². The first-order valence-electron chi connectivity index (χ1n) is 9.27. The molecule has 28 heavy (non-hydrogen) atoms. The van der Waals surface area contributed by atoms with Crippen molar-refractivity contribution in [3.8, 4) is 5.75 Å². The van der Waals surface area contributed by atoms with Crippen LogP contribution >= 0.6 is 0 Å². The van der Waals surface area contributed by atoms with E-state index < -0.39 is 5.82 Å². The van der Waals surface area contributed by atoms with Crippen LogP contribution in [0.3, 0.4) is 0 Å². The number of halogens is 1. The number of hydrogen-bond acceptors (Lipinski definition) is 6. The SMILES string of the molecule is COc1cc2c(N3CCC(c4nnc5ccccn45)CC3)ncnc2cc1F. The number of benzene rings is 1. The summed E-state index contributed by atoms with van der Waals surface area (Å²) in [6, 6.07) is 9.00. The van der Waals surface area contributed by atoms with Crippen molar-refractivity contribution < 1.29 is 9.13 Å². The minimum atomic E-state index is -0.419. The molecule has 0 aliphatic carbocycles. The molecule has 0 amide bonds. The van der Waals surface area contributed by atoms with E-state index in [2.05, 4.69) is 29.5 Å². The fourth-order valence-electron chi connectivity index (χ4n) is 3.94. The van der Waals surface area contributed by atoms with Crippen molar-refractivity contribution in [2.75, 3.05) is 25.1 Å². The first kappa shape index (κ1) is 16.9. The zero-order valence-corrected chi connectivity index (χ0v) is 15.4. The van der Waals surface area contributed by atoms with E-state index >= 15 is 0 Å². The van der Waals surface area contributed by atoms with Crippen LogP contribution in [-0.4, -0.2) is 44.8 Å². The van der Waals surface area contributed by atoms with Gasteiger partial charge >= 0.3 is 0 Å². The Hall–Kier alpha value is -3.29. The van der Waals surface area contributed by atoms with Crippen LogP contribution in [0.15, 0.2) is 42.9 Å². The predicted molar refractivity (Wildman–Crippen MR) is 103 cm³/mol. The maximum atomic E-state index is 14.0. The number of anilines is 1. The summed E-state index contributed by atoms with van der Waals surface area (Å²) in [6.07, 6.45) is 5.39. The zero-order valence-electron chi connectivity index (χ0n) is 15.4. The van der Waals surface area contributed by atoms with E-state index in [1.807, 2.05) is 24.4 Å². The van der Waals surface area contributed by atoms with Gasteiger partial charge in [0.25, 0.3) is 0 Å². The predicted octanol–water partition coefficient (Wildman–Crippen LogP) is 3.20. The summed E-state index contributed by atoms with van der Waals surface area (Å²) >= 11 is 0. The standard InChI is InChI=1S/C20H19FN6O/c1-28-17-10-14-16(11-15(17)21)22-12-23-20(14)26-8-5-13(6-9-26)19-25-24-18-4-2-3-7-27(18)19/h2-4,7,10-13H,5-6,8-9H2,1H3. The summed E-state index contributed by atoms with van der Waals surface area (Å²) in [5.74, 6) is 1.94. The molecule has 0 unspecified atom stereocenters. The van der Waals surface area contributed by atoms with E-state index in [-0.39, 0.29) is 5.75 Å². The second-order valence-corrected chi connectivity index (χ2v) is 6.95. The Morgan fingerprint density at radius 3 is 2.79 bits per heavy atom. The molecule has 4 aromatic rings. The maximum Gasteiger partial charge on any atom is 0.167 e. The molecule has 0 bridgehead atoms. The number of hydrogen-bond donors (Lipinski definition) is 0. The minimum Gasteiger partial charge on any atom is -0.494 e. The van der Waals surface area contributed by atoms with Crippen molar-refractivity contribution in [1.29, 1.82) is 0 Å². The molecule has 1 aromatic carbocycles. The van der Waals surface area contributed by atoms with Gasteiger partial charge < -0.3 is 9.64 Å². The number of ether oxygens (including phenoxy) is 1. The highest BCUT2D eigenvalue weighted by Crippen LogP contribution is 2.33. The van der Waals surface area contributed by atoms with Gasteiger partial charge in [-0.15, -0.1) is 10.2 Å². The zero-order chi connectivity index (χ0) is 19.1. The minimum absolute atomic E-state index is 0.202. The molecular weight excluding hydrogens is 359 g/mol. The van der Waals surface area contributed by atoms with Crippen molar-refractivity contribution in [2.45, 2.75) is 18.8 Å². The molecular formula is C20H19FN6O. The van der Waals surface area contributed by atoms with Crippen molar-refractivity contribution >= 4 is 22.4 Å². The number of piperidine rings is 1. The van der Waals surface area contributed by atoms with E-state index in [0.717, 1.165) is 48.6 Å². The topological polar surface area (TPSA) is 68.4 Å². The molecule has 0 radical (unpaired) electrons. The largest absolute Gasteiger partial charge is 0.494 e. The summed E-state index contributed by atoms with van der Waals surface area (Å²) in [5, 5.41) is 9.48. The lowest BCUT2D eigenvalue weighted by Crippen LogP contribution is -2.34. The number of nitrogens with zero attached hydrogens (tertiary/aromatic N) is 6. The van der Waals surface area contributed by atoms with Crippen LogP contribution in [0.1, 0.15) is 24.6 Å². The van der Waals surface area contributed by atoms with E-state index in [9.17, 15) is 4.39 Å². The van der Waals surface area contributed by atoms with Gasteiger partial charge in [-0.05, 0) is 31.0 Å². The Morgan fingerprint density at radius 1 is 1.11 bits per heavy atom. The van der Waals surface area contributed by atoms with Crippen molar-refractivity contribution in [2.24, 2.45) is 0 Å². The first-order chi connectivity index (χ1) is 13.7. The molecule has 0 N–H and O–H groups in total. The molecule has 0 spiro atoms. The smallest absolute Gasteiger partial charge is 0.167 e. The molecule has 8 heteroatoms. The Morgan fingerprint density at radius 2 is 1.96 bits per heavy atom. The Bertz CT molecular complexity index is 1150. The fraction of sp³-hybridized carbons (Fsp3) is 0.300. The van der Waals surface area contributed by atoms with Crippen LogP contribution in [0.5, 0.6) is 5.75 Å².